The lowest BCUT2D eigenvalue weighted by Crippen LogP contribution is -2.48. The van der Waals surface area contributed by atoms with Gasteiger partial charge in [0.25, 0.3) is 0 Å². The summed E-state index contributed by atoms with van der Waals surface area (Å²) >= 11 is 0. The number of hydrogen-bond donors (Lipinski definition) is 2. The van der Waals surface area contributed by atoms with Crippen molar-refractivity contribution in [2.24, 2.45) is 23.5 Å². The van der Waals surface area contributed by atoms with Crippen LogP contribution in [0.15, 0.2) is 29.7 Å². The number of halogens is 5. The number of alkyl halides is 4. The van der Waals surface area contributed by atoms with Crippen LogP contribution in [0.1, 0.15) is 37.4 Å². The maximum atomic E-state index is 14.2. The van der Waals surface area contributed by atoms with E-state index in [4.69, 9.17) is 10.5 Å². The molecule has 0 amide bonds. The van der Waals surface area contributed by atoms with Gasteiger partial charge in [0.1, 0.15) is 18.1 Å². The lowest BCUT2D eigenvalue weighted by atomic mass is 9.72. The average molecular weight is 476 g/mol. The Morgan fingerprint density at radius 1 is 1.33 bits per heavy atom. The molecular formula is C23H30F5N3O2. The van der Waals surface area contributed by atoms with E-state index in [1.165, 1.54) is 16.8 Å². The van der Waals surface area contributed by atoms with Crippen LogP contribution in [0.3, 0.4) is 0 Å². The van der Waals surface area contributed by atoms with E-state index in [1.54, 1.807) is 6.20 Å². The molecule has 3 unspecified atom stereocenters. The van der Waals surface area contributed by atoms with Crippen LogP contribution in [-0.4, -0.2) is 52.1 Å². The van der Waals surface area contributed by atoms with Crippen molar-refractivity contribution in [2.45, 2.75) is 76.2 Å². The summed E-state index contributed by atoms with van der Waals surface area (Å²) in [6.07, 6.45) is -2.26. The standard InChI is InChI=1S/C23H30F5N3O2/c1-12(15-7-19(29)22(33-11-15)17-8-16(24)3-4-18(17)25)13-2-5-20-14(6-13)9-30-31(20)10-21(32)23(26,27)28/h4,8-9,12-13,15-16,19,21-22,32H,2-3,5-7,10-11,29H2,1H3/t12?,13?,15-,16?,19+,21+,22-/m1/s1. The number of nitrogens with zero attached hydrogens (tertiary/aromatic N) is 2. The second-order valence-corrected chi connectivity index (χ2v) is 9.56. The minimum atomic E-state index is -4.68. The number of nitrogens with two attached hydrogens (primary N) is 1. The van der Waals surface area contributed by atoms with Crippen LogP contribution < -0.4 is 5.73 Å². The van der Waals surface area contributed by atoms with Crippen molar-refractivity contribution >= 4 is 0 Å². The minimum Gasteiger partial charge on any atom is -0.382 e. The predicted molar refractivity (Wildman–Crippen MR) is 112 cm³/mol. The third kappa shape index (κ3) is 5.17. The fraction of sp³-hybridized carbons (Fsp3) is 0.696. The molecule has 3 aliphatic rings. The minimum absolute atomic E-state index is 0.0202. The van der Waals surface area contributed by atoms with Gasteiger partial charge in [-0.15, -0.1) is 0 Å². The zero-order valence-corrected chi connectivity index (χ0v) is 18.4. The Hall–Kier alpha value is -1.78. The molecule has 4 rings (SSSR count). The highest BCUT2D eigenvalue weighted by Gasteiger charge is 2.41. The molecule has 33 heavy (non-hydrogen) atoms. The molecule has 0 spiro atoms. The molecule has 0 radical (unpaired) electrons. The highest BCUT2D eigenvalue weighted by molar-refractivity contribution is 5.35. The summed E-state index contributed by atoms with van der Waals surface area (Å²) in [6.45, 7) is 1.90. The van der Waals surface area contributed by atoms with Crippen LogP contribution in [-0.2, 0) is 24.1 Å². The van der Waals surface area contributed by atoms with E-state index in [-0.39, 0.29) is 29.7 Å². The van der Waals surface area contributed by atoms with Crippen LogP contribution in [0, 0.1) is 17.8 Å². The topological polar surface area (TPSA) is 73.3 Å². The second-order valence-electron chi connectivity index (χ2n) is 9.56. The van der Waals surface area contributed by atoms with E-state index in [1.807, 2.05) is 0 Å². The van der Waals surface area contributed by atoms with E-state index in [0.29, 0.717) is 25.9 Å². The van der Waals surface area contributed by atoms with Crippen molar-refractivity contribution in [2.75, 3.05) is 6.61 Å². The van der Waals surface area contributed by atoms with Crippen molar-refractivity contribution < 1.29 is 31.8 Å². The maximum Gasteiger partial charge on any atom is 0.416 e. The molecule has 2 heterocycles. The summed E-state index contributed by atoms with van der Waals surface area (Å²) in [4.78, 5) is 0. The SMILES string of the molecule is CC(C1CCc2c(cnn2C[C@H](O)C(F)(F)F)C1)[C@H]1CO[C@H](C2=CC(F)CC=C2F)[C@@H](N)C1. The van der Waals surface area contributed by atoms with Gasteiger partial charge in [0.15, 0.2) is 6.10 Å². The summed E-state index contributed by atoms with van der Waals surface area (Å²) in [5.74, 6) is 0.176. The normalized spacial score (nSPS) is 32.5. The highest BCUT2D eigenvalue weighted by Crippen LogP contribution is 2.39. The van der Waals surface area contributed by atoms with E-state index in [9.17, 15) is 27.1 Å². The summed E-state index contributed by atoms with van der Waals surface area (Å²) in [7, 11) is 0. The Morgan fingerprint density at radius 2 is 2.09 bits per heavy atom. The number of aromatic nitrogens is 2. The van der Waals surface area contributed by atoms with Gasteiger partial charge in [-0.2, -0.15) is 18.3 Å². The number of aliphatic hydroxyl groups is 1. The molecule has 184 valence electrons. The molecule has 0 bridgehead atoms. The predicted octanol–water partition coefficient (Wildman–Crippen LogP) is 3.80. The van der Waals surface area contributed by atoms with Gasteiger partial charge in [0, 0.05) is 23.7 Å². The van der Waals surface area contributed by atoms with Gasteiger partial charge in [-0.05, 0) is 61.2 Å². The molecule has 0 saturated carbocycles. The number of fused-ring (bicyclic) bond motifs is 1. The molecule has 3 N–H and O–H groups in total. The smallest absolute Gasteiger partial charge is 0.382 e. The van der Waals surface area contributed by atoms with E-state index in [2.05, 4.69) is 12.0 Å². The van der Waals surface area contributed by atoms with Crippen LogP contribution in [0.2, 0.25) is 0 Å². The Balaban J connectivity index is 1.37. The molecule has 10 heteroatoms. The molecule has 1 aliphatic heterocycles. The lowest BCUT2D eigenvalue weighted by Gasteiger charge is -2.41. The van der Waals surface area contributed by atoms with Gasteiger partial charge in [-0.25, -0.2) is 8.78 Å². The molecule has 1 aromatic rings. The Morgan fingerprint density at radius 3 is 2.79 bits per heavy atom. The number of rotatable bonds is 5. The lowest BCUT2D eigenvalue weighted by molar-refractivity contribution is -0.208. The van der Waals surface area contributed by atoms with E-state index in [0.717, 1.165) is 17.7 Å². The average Bonchev–Trinajstić information content (AvgIpc) is 3.16. The maximum absolute atomic E-state index is 14.2. The molecule has 7 atom stereocenters. The third-order valence-corrected chi connectivity index (χ3v) is 7.40. The molecule has 1 saturated heterocycles. The van der Waals surface area contributed by atoms with Crippen LogP contribution in [0.4, 0.5) is 22.0 Å². The fourth-order valence-electron chi connectivity index (χ4n) is 5.36. The summed E-state index contributed by atoms with van der Waals surface area (Å²) in [6, 6.07) is -0.451. The van der Waals surface area contributed by atoms with Gasteiger partial charge in [-0.1, -0.05) is 6.92 Å². The molecular weight excluding hydrogens is 445 g/mol. The zero-order valence-electron chi connectivity index (χ0n) is 18.4. The summed E-state index contributed by atoms with van der Waals surface area (Å²) < 4.78 is 73.3. The Bertz CT molecular complexity index is 912. The van der Waals surface area contributed by atoms with Crippen molar-refractivity contribution in [3.63, 3.8) is 0 Å². The first-order valence-electron chi connectivity index (χ1n) is 11.4. The van der Waals surface area contributed by atoms with Crippen LogP contribution in [0.5, 0.6) is 0 Å². The molecule has 2 aliphatic carbocycles. The first kappa shape index (κ1) is 24.3. The van der Waals surface area contributed by atoms with Crippen molar-refractivity contribution in [3.05, 3.63) is 41.0 Å². The first-order valence-corrected chi connectivity index (χ1v) is 11.4. The largest absolute Gasteiger partial charge is 0.416 e. The number of aliphatic hydroxyl groups excluding tert-OH is 1. The van der Waals surface area contributed by atoms with Crippen molar-refractivity contribution in [1.82, 2.24) is 9.78 Å². The van der Waals surface area contributed by atoms with Gasteiger partial charge >= 0.3 is 6.18 Å². The first-order chi connectivity index (χ1) is 15.5. The van der Waals surface area contributed by atoms with Gasteiger partial charge in [0.05, 0.1) is 19.3 Å². The van der Waals surface area contributed by atoms with E-state index < -0.39 is 43.0 Å². The van der Waals surface area contributed by atoms with Crippen molar-refractivity contribution in [1.29, 1.82) is 0 Å². The molecule has 5 nitrogen and oxygen atoms in total. The highest BCUT2D eigenvalue weighted by atomic mass is 19.4. The second kappa shape index (κ2) is 9.46. The summed E-state index contributed by atoms with van der Waals surface area (Å²) in [5.41, 5.74) is 8.17. The summed E-state index contributed by atoms with van der Waals surface area (Å²) in [5, 5.41) is 13.5. The van der Waals surface area contributed by atoms with Gasteiger partial charge in [0.2, 0.25) is 0 Å². The Kier molecular flexibility index (Phi) is 6.98. The molecule has 1 fully saturated rings. The number of allylic oxidation sites excluding steroid dienone is 2. The Labute approximate surface area is 189 Å². The third-order valence-electron chi connectivity index (χ3n) is 7.40. The molecule has 1 aromatic heterocycles. The van der Waals surface area contributed by atoms with Gasteiger partial charge in [-0.3, -0.25) is 4.68 Å². The monoisotopic (exact) mass is 475 g/mol. The van der Waals surface area contributed by atoms with E-state index >= 15 is 0 Å². The molecule has 0 aromatic carbocycles. The zero-order chi connectivity index (χ0) is 23.9. The quantitative estimate of drug-likeness (QED) is 0.636. The van der Waals surface area contributed by atoms with Crippen LogP contribution in [0.25, 0.3) is 0 Å². The number of hydrogen-bond acceptors (Lipinski definition) is 4. The van der Waals surface area contributed by atoms with Crippen molar-refractivity contribution in [3.8, 4) is 0 Å². The number of ether oxygens (including phenoxy) is 1. The van der Waals surface area contributed by atoms with Crippen LogP contribution >= 0.6 is 0 Å². The van der Waals surface area contributed by atoms with Gasteiger partial charge < -0.3 is 15.6 Å². The fourth-order valence-corrected chi connectivity index (χ4v) is 5.36.